The molecule has 1 fully saturated rings. The number of aromatic nitrogens is 1. The number of amides is 2. The maximum Gasteiger partial charge on any atom is 0.252 e. The van der Waals surface area contributed by atoms with Gasteiger partial charge in [0.15, 0.2) is 0 Å². The number of hydrogen-bond acceptors (Lipinski definition) is 6. The van der Waals surface area contributed by atoms with Crippen LogP contribution >= 0.6 is 0 Å². The molecular formula is C29H29N3O5. The molecule has 1 aromatic heterocycles. The van der Waals surface area contributed by atoms with Gasteiger partial charge in [-0.05, 0) is 66.8 Å². The van der Waals surface area contributed by atoms with Crippen molar-refractivity contribution in [2.75, 3.05) is 32.9 Å². The summed E-state index contributed by atoms with van der Waals surface area (Å²) in [7, 11) is 0. The summed E-state index contributed by atoms with van der Waals surface area (Å²) in [4.78, 5) is 32.5. The second-order valence-corrected chi connectivity index (χ2v) is 10.1. The van der Waals surface area contributed by atoms with Crippen molar-refractivity contribution in [3.05, 3.63) is 83.2 Å². The Bertz CT molecular complexity index is 1350. The second kappa shape index (κ2) is 9.52. The quantitative estimate of drug-likeness (QED) is 0.546. The topological polar surface area (TPSA) is 90.0 Å². The Balaban J connectivity index is 1.42. The van der Waals surface area contributed by atoms with Gasteiger partial charge < -0.3 is 24.4 Å². The van der Waals surface area contributed by atoms with Crippen LogP contribution in [0.4, 0.5) is 0 Å². The molecule has 8 heteroatoms. The largest absolute Gasteiger partial charge is 0.494 e. The van der Waals surface area contributed by atoms with Crippen LogP contribution in [-0.2, 0) is 16.0 Å². The third-order valence-corrected chi connectivity index (χ3v) is 7.22. The van der Waals surface area contributed by atoms with Crippen LogP contribution in [0.2, 0.25) is 0 Å². The number of ether oxygens (including phenoxy) is 3. The molecule has 0 aliphatic carbocycles. The Morgan fingerprint density at radius 1 is 1.08 bits per heavy atom. The lowest BCUT2D eigenvalue weighted by molar-refractivity contribution is -0.170. The number of nitrogens with zero attached hydrogens (tertiary/aromatic N) is 2. The highest BCUT2D eigenvalue weighted by Gasteiger charge is 2.46. The number of benzene rings is 2. The summed E-state index contributed by atoms with van der Waals surface area (Å²) in [5.74, 6) is 1.80. The van der Waals surface area contributed by atoms with Crippen LogP contribution in [0.15, 0.2) is 60.9 Å². The Morgan fingerprint density at radius 3 is 2.81 bits per heavy atom. The zero-order chi connectivity index (χ0) is 25.4. The highest BCUT2D eigenvalue weighted by atomic mass is 16.5. The fraction of sp³-hybridized carbons (Fsp3) is 0.345. The number of hydrogen-bond donors (Lipinski definition) is 1. The molecule has 2 aromatic carbocycles. The van der Waals surface area contributed by atoms with Crippen LogP contribution in [0.25, 0.3) is 0 Å². The SMILES string of the molecule is CC1(C(=O)N2CCc3cc4ccc3C2c2cccc(c2)OCCCNC(=O)c2cncc(c2)O4)COC1. The van der Waals surface area contributed by atoms with Gasteiger partial charge in [0.05, 0.1) is 43.0 Å². The maximum atomic E-state index is 13.7. The van der Waals surface area contributed by atoms with Gasteiger partial charge in [-0.1, -0.05) is 18.2 Å². The molecule has 1 N–H and O–H groups in total. The Hall–Kier alpha value is -3.91. The first-order valence-electron chi connectivity index (χ1n) is 12.7. The van der Waals surface area contributed by atoms with E-state index < -0.39 is 5.41 Å². The van der Waals surface area contributed by atoms with Crippen molar-refractivity contribution in [3.63, 3.8) is 0 Å². The maximum absolute atomic E-state index is 13.7. The molecule has 1 atom stereocenters. The molecule has 1 saturated heterocycles. The lowest BCUT2D eigenvalue weighted by atomic mass is 9.82. The molecular weight excluding hydrogens is 470 g/mol. The predicted molar refractivity (Wildman–Crippen MR) is 136 cm³/mol. The summed E-state index contributed by atoms with van der Waals surface area (Å²) in [5.41, 5.74) is 3.13. The first kappa shape index (κ1) is 23.5. The van der Waals surface area contributed by atoms with Crippen molar-refractivity contribution in [2.45, 2.75) is 25.8 Å². The van der Waals surface area contributed by atoms with Crippen molar-refractivity contribution < 1.29 is 23.8 Å². The van der Waals surface area contributed by atoms with Crippen LogP contribution in [0.1, 0.15) is 46.4 Å². The zero-order valence-corrected chi connectivity index (χ0v) is 20.7. The van der Waals surface area contributed by atoms with E-state index >= 15 is 0 Å². The third kappa shape index (κ3) is 4.53. The molecule has 4 aliphatic heterocycles. The van der Waals surface area contributed by atoms with Crippen molar-refractivity contribution >= 4 is 11.8 Å². The summed E-state index contributed by atoms with van der Waals surface area (Å²) < 4.78 is 17.5. The molecule has 0 spiro atoms. The summed E-state index contributed by atoms with van der Waals surface area (Å²) >= 11 is 0. The minimum absolute atomic E-state index is 0.113. The summed E-state index contributed by atoms with van der Waals surface area (Å²) in [6.45, 7) is 4.39. The van der Waals surface area contributed by atoms with Crippen LogP contribution in [0.3, 0.4) is 0 Å². The Labute approximate surface area is 215 Å². The van der Waals surface area contributed by atoms with Gasteiger partial charge in [-0.3, -0.25) is 14.6 Å². The molecule has 190 valence electrons. The predicted octanol–water partition coefficient (Wildman–Crippen LogP) is 3.90. The van der Waals surface area contributed by atoms with Crippen LogP contribution in [-0.4, -0.2) is 54.6 Å². The lowest BCUT2D eigenvalue weighted by Crippen LogP contribution is -2.55. The van der Waals surface area contributed by atoms with Crippen LogP contribution in [0, 0.1) is 5.41 Å². The smallest absolute Gasteiger partial charge is 0.252 e. The average Bonchev–Trinajstić information content (AvgIpc) is 2.90. The standard InChI is InChI=1S/C29H29N3O5/c1-29(17-35-18-29)28(34)32-10-8-19-12-23-6-7-25(19)26(32)20-4-2-5-22(13-20)36-11-3-9-31-27(33)21-14-24(37-23)16-30-15-21/h2,4-7,12-16,26H,3,8-11,17-18H2,1H3,(H,31,33). The minimum atomic E-state index is -0.497. The average molecular weight is 500 g/mol. The molecule has 8 nitrogen and oxygen atoms in total. The van der Waals surface area contributed by atoms with Gasteiger partial charge in [-0.25, -0.2) is 0 Å². The van der Waals surface area contributed by atoms with Gasteiger partial charge in [0.2, 0.25) is 5.91 Å². The zero-order valence-electron chi connectivity index (χ0n) is 20.7. The van der Waals surface area contributed by atoms with Crippen molar-refractivity contribution in [1.29, 1.82) is 0 Å². The van der Waals surface area contributed by atoms with E-state index in [0.717, 1.165) is 22.4 Å². The molecule has 8 bridgehead atoms. The molecule has 4 aliphatic rings. The van der Waals surface area contributed by atoms with Gasteiger partial charge in [0, 0.05) is 19.3 Å². The number of pyridine rings is 1. The van der Waals surface area contributed by atoms with Crippen LogP contribution in [0.5, 0.6) is 17.2 Å². The monoisotopic (exact) mass is 499 g/mol. The Kier molecular flexibility index (Phi) is 6.04. The molecule has 2 amide bonds. The summed E-state index contributed by atoms with van der Waals surface area (Å²) in [5, 5.41) is 2.91. The van der Waals surface area contributed by atoms with Gasteiger partial charge in [0.1, 0.15) is 17.2 Å². The number of carbonyl (C=O) groups is 2. The van der Waals surface area contributed by atoms with Gasteiger partial charge in [-0.15, -0.1) is 0 Å². The van der Waals surface area contributed by atoms with Gasteiger partial charge >= 0.3 is 0 Å². The number of nitrogens with one attached hydrogen (secondary N) is 1. The number of rotatable bonds is 1. The number of fused-ring (bicyclic) bond motifs is 6. The van der Waals surface area contributed by atoms with E-state index in [1.165, 1.54) is 6.20 Å². The second-order valence-electron chi connectivity index (χ2n) is 10.1. The highest BCUT2D eigenvalue weighted by Crippen LogP contribution is 2.41. The molecule has 1 unspecified atom stereocenters. The van der Waals surface area contributed by atoms with E-state index in [9.17, 15) is 9.59 Å². The van der Waals surface area contributed by atoms with E-state index in [1.54, 1.807) is 12.3 Å². The van der Waals surface area contributed by atoms with E-state index in [1.807, 2.05) is 54.3 Å². The molecule has 3 aromatic rings. The van der Waals surface area contributed by atoms with Crippen molar-refractivity contribution in [3.8, 4) is 17.2 Å². The van der Waals surface area contributed by atoms with Crippen molar-refractivity contribution in [1.82, 2.24) is 15.2 Å². The number of carbonyl (C=O) groups excluding carboxylic acids is 2. The molecule has 0 radical (unpaired) electrons. The first-order valence-corrected chi connectivity index (χ1v) is 12.7. The normalized spacial score (nSPS) is 20.4. The minimum Gasteiger partial charge on any atom is -0.494 e. The fourth-order valence-corrected chi connectivity index (χ4v) is 5.20. The van der Waals surface area contributed by atoms with Gasteiger partial charge in [-0.2, -0.15) is 0 Å². The molecule has 7 rings (SSSR count). The molecule has 37 heavy (non-hydrogen) atoms. The van der Waals surface area contributed by atoms with E-state index in [2.05, 4.69) is 10.3 Å². The highest BCUT2D eigenvalue weighted by molar-refractivity contribution is 5.94. The van der Waals surface area contributed by atoms with E-state index in [0.29, 0.717) is 62.8 Å². The Morgan fingerprint density at radius 2 is 1.97 bits per heavy atom. The fourth-order valence-electron chi connectivity index (χ4n) is 5.20. The van der Waals surface area contributed by atoms with Gasteiger partial charge in [0.25, 0.3) is 5.91 Å². The van der Waals surface area contributed by atoms with Crippen LogP contribution < -0.4 is 14.8 Å². The summed E-state index contributed by atoms with van der Waals surface area (Å²) in [6.07, 6.45) is 4.48. The summed E-state index contributed by atoms with van der Waals surface area (Å²) in [6, 6.07) is 15.4. The van der Waals surface area contributed by atoms with E-state index in [4.69, 9.17) is 14.2 Å². The lowest BCUT2D eigenvalue weighted by Gasteiger charge is -2.45. The van der Waals surface area contributed by atoms with E-state index in [-0.39, 0.29) is 17.9 Å². The van der Waals surface area contributed by atoms with Crippen molar-refractivity contribution in [2.24, 2.45) is 5.41 Å². The molecule has 0 saturated carbocycles. The molecule has 5 heterocycles. The third-order valence-electron chi connectivity index (χ3n) is 7.22. The first-order chi connectivity index (χ1) is 18.0.